The van der Waals surface area contributed by atoms with Crippen LogP contribution in [0.2, 0.25) is 0 Å². The summed E-state index contributed by atoms with van der Waals surface area (Å²) in [5, 5.41) is 0. The third kappa shape index (κ3) is 3.98. The fourth-order valence-corrected chi connectivity index (χ4v) is 9.00. The molecule has 6 nitrogen and oxygen atoms in total. The molecule has 2 aromatic carbocycles. The number of benzene rings is 2. The number of para-hydroxylation sites is 1. The van der Waals surface area contributed by atoms with Gasteiger partial charge in [0.25, 0.3) is 10.0 Å². The second-order valence-corrected chi connectivity index (χ2v) is 12.9. The molecule has 0 N–H and O–H groups in total. The quantitative estimate of drug-likeness (QED) is 0.542. The molecule has 0 spiro atoms. The summed E-state index contributed by atoms with van der Waals surface area (Å²) in [6.07, 6.45) is 8.22. The van der Waals surface area contributed by atoms with Gasteiger partial charge in [0.05, 0.1) is 16.1 Å². The Morgan fingerprint density at radius 3 is 2.20 bits per heavy atom. The smallest absolute Gasteiger partial charge is 0.338 e. The van der Waals surface area contributed by atoms with Crippen LogP contribution in [0.15, 0.2) is 53.4 Å². The minimum absolute atomic E-state index is 0.0629. The van der Waals surface area contributed by atoms with Crippen molar-refractivity contribution in [2.45, 2.75) is 56.3 Å². The highest BCUT2D eigenvalue weighted by Gasteiger charge is 2.54. The highest BCUT2D eigenvalue weighted by atomic mass is 32.2. The van der Waals surface area contributed by atoms with Crippen LogP contribution in [0.5, 0.6) is 0 Å². The second-order valence-electron chi connectivity index (χ2n) is 11.0. The molecule has 4 saturated carbocycles. The molecule has 0 aromatic heterocycles. The molecule has 184 valence electrons. The Kier molecular flexibility index (Phi) is 5.51. The summed E-state index contributed by atoms with van der Waals surface area (Å²) in [6, 6.07) is 13.4. The lowest BCUT2D eigenvalue weighted by Gasteiger charge is -2.55. The fraction of sp³-hybridized carbons (Fsp3) is 0.500. The molecule has 4 aliphatic carbocycles. The molecule has 5 aliphatic rings. The van der Waals surface area contributed by atoms with Crippen molar-refractivity contribution in [3.05, 3.63) is 59.7 Å². The summed E-state index contributed by atoms with van der Waals surface area (Å²) >= 11 is 0. The van der Waals surface area contributed by atoms with Crippen LogP contribution < -0.4 is 4.31 Å². The van der Waals surface area contributed by atoms with E-state index in [0.717, 1.165) is 37.7 Å². The standard InChI is InChI=1S/C28H31NO5S/c30-26(28-15-19-12-20(16-28)14-21(13-19)17-28)18-34-27(31)23-7-9-24(10-8-23)35(32,33)29-11-3-5-22-4-1-2-6-25(22)29/h1-2,4,6-10,19-21H,3,5,11-18H2. The number of aryl methyl sites for hydroxylation is 1. The number of hydrogen-bond donors (Lipinski definition) is 0. The average Bonchev–Trinajstić information content (AvgIpc) is 2.86. The first kappa shape index (κ1) is 22.8. The van der Waals surface area contributed by atoms with Gasteiger partial charge >= 0.3 is 5.97 Å². The lowest BCUT2D eigenvalue weighted by atomic mass is 9.48. The Morgan fingerprint density at radius 1 is 0.914 bits per heavy atom. The van der Waals surface area contributed by atoms with E-state index < -0.39 is 16.0 Å². The maximum Gasteiger partial charge on any atom is 0.338 e. The van der Waals surface area contributed by atoms with Crippen molar-refractivity contribution < 1.29 is 22.7 Å². The van der Waals surface area contributed by atoms with Gasteiger partial charge in [0, 0.05) is 12.0 Å². The summed E-state index contributed by atoms with van der Waals surface area (Å²) in [5.41, 5.74) is 1.69. The number of rotatable bonds is 6. The highest BCUT2D eigenvalue weighted by molar-refractivity contribution is 7.92. The van der Waals surface area contributed by atoms with E-state index in [4.69, 9.17) is 4.74 Å². The first-order valence-corrected chi connectivity index (χ1v) is 14.2. The molecule has 0 saturated heterocycles. The van der Waals surface area contributed by atoms with E-state index in [2.05, 4.69) is 0 Å². The van der Waals surface area contributed by atoms with Crippen molar-refractivity contribution in [3.63, 3.8) is 0 Å². The highest BCUT2D eigenvalue weighted by Crippen LogP contribution is 2.60. The van der Waals surface area contributed by atoms with Crippen LogP contribution in [-0.4, -0.2) is 33.3 Å². The topological polar surface area (TPSA) is 80.8 Å². The number of carbonyl (C=O) groups excluding carboxylic acids is 2. The van der Waals surface area contributed by atoms with Crippen LogP contribution in [0.3, 0.4) is 0 Å². The summed E-state index contributed by atoms with van der Waals surface area (Å²) in [4.78, 5) is 25.9. The number of Topliss-reactive ketones (excluding diaryl/α,β-unsaturated/α-hetero) is 1. The van der Waals surface area contributed by atoms with Crippen molar-refractivity contribution >= 4 is 27.5 Å². The van der Waals surface area contributed by atoms with E-state index in [-0.39, 0.29) is 28.3 Å². The summed E-state index contributed by atoms with van der Waals surface area (Å²) < 4.78 is 33.5. The number of sulfonamides is 1. The zero-order valence-corrected chi connectivity index (χ0v) is 20.6. The first-order valence-electron chi connectivity index (χ1n) is 12.8. The zero-order chi connectivity index (χ0) is 24.2. The average molecular weight is 494 g/mol. The van der Waals surface area contributed by atoms with E-state index in [0.29, 0.717) is 30.0 Å². The summed E-state index contributed by atoms with van der Waals surface area (Å²) in [6.45, 7) is 0.227. The van der Waals surface area contributed by atoms with Crippen LogP contribution in [0.4, 0.5) is 5.69 Å². The minimum Gasteiger partial charge on any atom is -0.454 e. The third-order valence-electron chi connectivity index (χ3n) is 8.71. The van der Waals surface area contributed by atoms with Gasteiger partial charge in [-0.3, -0.25) is 9.10 Å². The number of fused-ring (bicyclic) bond motifs is 1. The first-order chi connectivity index (χ1) is 16.8. The van der Waals surface area contributed by atoms with Gasteiger partial charge in [0.15, 0.2) is 12.4 Å². The molecule has 2 aromatic rings. The van der Waals surface area contributed by atoms with Gasteiger partial charge in [-0.1, -0.05) is 18.2 Å². The van der Waals surface area contributed by atoms with E-state index >= 15 is 0 Å². The molecule has 7 rings (SSSR count). The Hall–Kier alpha value is -2.67. The molecular weight excluding hydrogens is 462 g/mol. The van der Waals surface area contributed by atoms with Crippen LogP contribution >= 0.6 is 0 Å². The molecule has 4 fully saturated rings. The predicted octanol–water partition coefficient (Wildman–Crippen LogP) is 4.77. The van der Waals surface area contributed by atoms with Crippen molar-refractivity contribution in [1.82, 2.24) is 0 Å². The molecule has 35 heavy (non-hydrogen) atoms. The third-order valence-corrected chi connectivity index (χ3v) is 10.5. The monoisotopic (exact) mass is 493 g/mol. The van der Waals surface area contributed by atoms with Crippen molar-refractivity contribution in [2.75, 3.05) is 17.5 Å². The van der Waals surface area contributed by atoms with Gasteiger partial charge < -0.3 is 4.74 Å². The van der Waals surface area contributed by atoms with Gasteiger partial charge in [0.2, 0.25) is 0 Å². The molecule has 1 aliphatic heterocycles. The Labute approximate surface area is 206 Å². The number of ketones is 1. The molecule has 1 heterocycles. The number of esters is 1. The van der Waals surface area contributed by atoms with E-state index in [1.54, 1.807) is 0 Å². The Bertz CT molecular complexity index is 1230. The lowest BCUT2D eigenvalue weighted by Crippen LogP contribution is -2.51. The van der Waals surface area contributed by atoms with Gasteiger partial charge in [-0.15, -0.1) is 0 Å². The Morgan fingerprint density at radius 2 is 1.54 bits per heavy atom. The molecule has 0 amide bonds. The normalized spacial score (nSPS) is 29.0. The van der Waals surface area contributed by atoms with Gasteiger partial charge in [-0.2, -0.15) is 0 Å². The van der Waals surface area contributed by atoms with Crippen LogP contribution in [0, 0.1) is 23.2 Å². The summed E-state index contributed by atoms with van der Waals surface area (Å²) in [7, 11) is -3.74. The largest absolute Gasteiger partial charge is 0.454 e. The molecule has 4 bridgehead atoms. The van der Waals surface area contributed by atoms with Crippen LogP contribution in [-0.2, 0) is 26.0 Å². The molecule has 0 radical (unpaired) electrons. The fourth-order valence-electron chi connectivity index (χ4n) is 7.46. The minimum atomic E-state index is -3.74. The van der Waals surface area contributed by atoms with Gasteiger partial charge in [0.1, 0.15) is 0 Å². The predicted molar refractivity (Wildman–Crippen MR) is 132 cm³/mol. The number of carbonyl (C=O) groups is 2. The maximum absolute atomic E-state index is 13.3. The van der Waals surface area contributed by atoms with E-state index in [1.807, 2.05) is 24.3 Å². The van der Waals surface area contributed by atoms with Gasteiger partial charge in [-0.05, 0) is 105 Å². The number of anilines is 1. The number of nitrogens with zero attached hydrogens (tertiary/aromatic N) is 1. The maximum atomic E-state index is 13.3. The molecule has 7 heteroatoms. The second kappa shape index (κ2) is 8.47. The van der Waals surface area contributed by atoms with Crippen molar-refractivity contribution in [3.8, 4) is 0 Å². The van der Waals surface area contributed by atoms with Gasteiger partial charge in [-0.25, -0.2) is 13.2 Å². The Balaban J connectivity index is 1.12. The molecule has 0 atom stereocenters. The van der Waals surface area contributed by atoms with Crippen LogP contribution in [0.25, 0.3) is 0 Å². The SMILES string of the molecule is O=C(OCC(=O)C12CC3CC(CC(C3)C1)C2)c1ccc(S(=O)(=O)N2CCCc3ccccc32)cc1. The molecular formula is C28H31NO5S. The molecule has 0 unspecified atom stereocenters. The lowest BCUT2D eigenvalue weighted by molar-refractivity contribution is -0.147. The zero-order valence-electron chi connectivity index (χ0n) is 19.8. The number of ether oxygens (including phenoxy) is 1. The van der Waals surface area contributed by atoms with Crippen LogP contribution in [0.1, 0.15) is 60.9 Å². The number of hydrogen-bond acceptors (Lipinski definition) is 5. The van der Waals surface area contributed by atoms with E-state index in [9.17, 15) is 18.0 Å². The van der Waals surface area contributed by atoms with E-state index in [1.165, 1.54) is 47.8 Å². The summed E-state index contributed by atoms with van der Waals surface area (Å²) in [5.74, 6) is 1.44. The van der Waals surface area contributed by atoms with Crippen molar-refractivity contribution in [1.29, 1.82) is 0 Å². The van der Waals surface area contributed by atoms with Crippen molar-refractivity contribution in [2.24, 2.45) is 23.2 Å².